The van der Waals surface area contributed by atoms with Crippen molar-refractivity contribution in [1.82, 2.24) is 0 Å². The molecule has 0 fully saturated rings. The van der Waals surface area contributed by atoms with Crippen LogP contribution in [0.25, 0.3) is 0 Å². The number of ketones is 1. The number of benzene rings is 1. The van der Waals surface area contributed by atoms with E-state index in [1.54, 1.807) is 0 Å². The minimum absolute atomic E-state index is 0.0356. The molecule has 0 aliphatic heterocycles. The molecule has 1 atom stereocenters. The maximum Gasteiger partial charge on any atom is 0.161 e. The molecule has 1 rings (SSSR count). The Morgan fingerprint density at radius 3 is 2.33 bits per heavy atom. The van der Waals surface area contributed by atoms with Gasteiger partial charge in [-0.15, -0.1) is 0 Å². The highest BCUT2D eigenvalue weighted by atomic mass is 16.7. The van der Waals surface area contributed by atoms with E-state index >= 15 is 0 Å². The fraction of sp³-hybridized carbons (Fsp3) is 0.417. The van der Waals surface area contributed by atoms with Crippen LogP contribution in [0.5, 0.6) is 0 Å². The molecule has 0 saturated heterocycles. The Balaban J connectivity index is 2.51. The van der Waals surface area contributed by atoms with Crippen LogP contribution in [-0.4, -0.2) is 11.9 Å². The molecule has 0 aliphatic carbocycles. The van der Waals surface area contributed by atoms with E-state index in [0.717, 1.165) is 5.69 Å². The zero-order valence-electron chi connectivity index (χ0n) is 9.36. The van der Waals surface area contributed by atoms with Crippen LogP contribution in [0.2, 0.25) is 0 Å². The van der Waals surface area contributed by atoms with Gasteiger partial charge in [0.15, 0.2) is 5.78 Å². The number of carbonyl (C=O) groups excluding carboxylic acids is 1. The zero-order valence-corrected chi connectivity index (χ0v) is 9.36. The van der Waals surface area contributed by atoms with E-state index in [-0.39, 0.29) is 11.7 Å². The molecule has 0 amide bonds. The molecule has 1 aromatic rings. The van der Waals surface area contributed by atoms with Crippen LogP contribution in [0.1, 0.15) is 20.8 Å². The van der Waals surface area contributed by atoms with Crippen LogP contribution < -0.4 is 5.48 Å². The van der Waals surface area contributed by atoms with Crippen LogP contribution in [0, 0.1) is 5.92 Å². The lowest BCUT2D eigenvalue weighted by molar-refractivity contribution is -0.128. The molecule has 82 valence electrons. The Labute approximate surface area is 90.4 Å². The normalized spacial score (nSPS) is 12.5. The number of hydrogen-bond donors (Lipinski definition) is 1. The minimum atomic E-state index is -0.398. The van der Waals surface area contributed by atoms with Crippen LogP contribution in [0.15, 0.2) is 30.3 Å². The van der Waals surface area contributed by atoms with E-state index in [0.29, 0.717) is 0 Å². The Morgan fingerprint density at radius 2 is 1.87 bits per heavy atom. The number of Topliss-reactive ketones (excluding diaryl/α,β-unsaturated/α-hetero) is 1. The van der Waals surface area contributed by atoms with Crippen molar-refractivity contribution in [3.63, 3.8) is 0 Å². The van der Waals surface area contributed by atoms with Gasteiger partial charge in [0.05, 0.1) is 5.69 Å². The van der Waals surface area contributed by atoms with Crippen molar-refractivity contribution in [3.8, 4) is 0 Å². The summed E-state index contributed by atoms with van der Waals surface area (Å²) < 4.78 is 0. The second-order valence-electron chi connectivity index (χ2n) is 3.86. The highest BCUT2D eigenvalue weighted by molar-refractivity contribution is 5.80. The van der Waals surface area contributed by atoms with Gasteiger partial charge in [-0.1, -0.05) is 32.0 Å². The number of hydrogen-bond acceptors (Lipinski definition) is 3. The summed E-state index contributed by atoms with van der Waals surface area (Å²) in [6.45, 7) is 5.45. The Kier molecular flexibility index (Phi) is 4.31. The molecule has 0 heterocycles. The first-order chi connectivity index (χ1) is 7.11. The molecule has 0 unspecified atom stereocenters. The highest BCUT2D eigenvalue weighted by Crippen LogP contribution is 2.11. The second kappa shape index (κ2) is 5.51. The molecule has 3 heteroatoms. The van der Waals surface area contributed by atoms with Gasteiger partial charge in [-0.3, -0.25) is 15.1 Å². The third kappa shape index (κ3) is 3.72. The maximum absolute atomic E-state index is 11.2. The van der Waals surface area contributed by atoms with Crippen molar-refractivity contribution in [2.45, 2.75) is 26.9 Å². The molecule has 0 aliphatic rings. The number of nitrogens with one attached hydrogen (secondary N) is 1. The molecule has 15 heavy (non-hydrogen) atoms. The highest BCUT2D eigenvalue weighted by Gasteiger charge is 2.19. The Hall–Kier alpha value is -1.35. The smallest absolute Gasteiger partial charge is 0.161 e. The van der Waals surface area contributed by atoms with Gasteiger partial charge in [0, 0.05) is 0 Å². The van der Waals surface area contributed by atoms with Gasteiger partial charge < -0.3 is 0 Å². The van der Waals surface area contributed by atoms with E-state index in [1.807, 2.05) is 44.2 Å². The first-order valence-electron chi connectivity index (χ1n) is 5.08. The molecular weight excluding hydrogens is 190 g/mol. The molecule has 0 bridgehead atoms. The molecule has 0 radical (unpaired) electrons. The summed E-state index contributed by atoms with van der Waals surface area (Å²) >= 11 is 0. The third-order valence-electron chi connectivity index (χ3n) is 2.08. The van der Waals surface area contributed by atoms with E-state index in [2.05, 4.69) is 5.48 Å². The lowest BCUT2D eigenvalue weighted by atomic mass is 10.0. The van der Waals surface area contributed by atoms with Crippen molar-refractivity contribution in [2.75, 3.05) is 5.48 Å². The minimum Gasteiger partial charge on any atom is -0.297 e. The standard InChI is InChI=1S/C12H17NO2/c1-9(2)12(10(3)14)15-13-11-7-5-4-6-8-11/h4-9,12-13H,1-3H3/t12-/m1/s1. The molecule has 0 aromatic heterocycles. The Morgan fingerprint density at radius 1 is 1.27 bits per heavy atom. The van der Waals surface area contributed by atoms with Crippen LogP contribution in [0.4, 0.5) is 5.69 Å². The van der Waals surface area contributed by atoms with E-state index < -0.39 is 6.10 Å². The SMILES string of the molecule is CC(=O)[C@H](ONc1ccccc1)C(C)C. The van der Waals surface area contributed by atoms with E-state index in [1.165, 1.54) is 6.92 Å². The monoisotopic (exact) mass is 207 g/mol. The first kappa shape index (κ1) is 11.7. The summed E-state index contributed by atoms with van der Waals surface area (Å²) in [4.78, 5) is 16.6. The molecule has 1 aromatic carbocycles. The molecule has 0 saturated carbocycles. The van der Waals surface area contributed by atoms with Gasteiger partial charge in [-0.25, -0.2) is 0 Å². The summed E-state index contributed by atoms with van der Waals surface area (Å²) in [6.07, 6.45) is -0.398. The predicted molar refractivity (Wildman–Crippen MR) is 60.5 cm³/mol. The average Bonchev–Trinajstić information content (AvgIpc) is 2.18. The third-order valence-corrected chi connectivity index (χ3v) is 2.08. The first-order valence-corrected chi connectivity index (χ1v) is 5.08. The molecular formula is C12H17NO2. The van der Waals surface area contributed by atoms with Gasteiger partial charge in [0.25, 0.3) is 0 Å². The predicted octanol–water partition coefficient (Wildman–Crippen LogP) is 2.64. The van der Waals surface area contributed by atoms with Crippen LogP contribution in [0.3, 0.4) is 0 Å². The summed E-state index contributed by atoms with van der Waals surface area (Å²) in [5.74, 6) is 0.201. The van der Waals surface area contributed by atoms with E-state index in [4.69, 9.17) is 4.84 Å². The van der Waals surface area contributed by atoms with E-state index in [9.17, 15) is 4.79 Å². The quantitative estimate of drug-likeness (QED) is 0.754. The maximum atomic E-state index is 11.2. The number of anilines is 1. The fourth-order valence-electron chi connectivity index (χ4n) is 1.33. The summed E-state index contributed by atoms with van der Waals surface area (Å²) in [6, 6.07) is 9.51. The molecule has 0 spiro atoms. The van der Waals surface area contributed by atoms with Gasteiger partial charge >= 0.3 is 0 Å². The van der Waals surface area contributed by atoms with Crippen molar-refractivity contribution in [2.24, 2.45) is 5.92 Å². The number of rotatable bonds is 5. The van der Waals surface area contributed by atoms with Gasteiger partial charge in [0.2, 0.25) is 0 Å². The number of carbonyl (C=O) groups is 1. The lowest BCUT2D eigenvalue weighted by Crippen LogP contribution is -2.29. The molecule has 1 N–H and O–H groups in total. The summed E-state index contributed by atoms with van der Waals surface area (Å²) in [5, 5.41) is 0. The topological polar surface area (TPSA) is 38.3 Å². The Bertz CT molecular complexity index is 309. The zero-order chi connectivity index (χ0) is 11.3. The summed E-state index contributed by atoms with van der Waals surface area (Å²) in [7, 11) is 0. The van der Waals surface area contributed by atoms with Crippen molar-refractivity contribution in [3.05, 3.63) is 30.3 Å². The van der Waals surface area contributed by atoms with Gasteiger partial charge in [-0.2, -0.15) is 0 Å². The van der Waals surface area contributed by atoms with Crippen molar-refractivity contribution < 1.29 is 9.63 Å². The second-order valence-corrected chi connectivity index (χ2v) is 3.86. The van der Waals surface area contributed by atoms with Gasteiger partial charge in [-0.05, 0) is 25.0 Å². The van der Waals surface area contributed by atoms with Crippen molar-refractivity contribution in [1.29, 1.82) is 0 Å². The largest absolute Gasteiger partial charge is 0.297 e. The fourth-order valence-corrected chi connectivity index (χ4v) is 1.33. The van der Waals surface area contributed by atoms with Crippen LogP contribution >= 0.6 is 0 Å². The average molecular weight is 207 g/mol. The summed E-state index contributed by atoms with van der Waals surface area (Å²) in [5.41, 5.74) is 3.64. The van der Waals surface area contributed by atoms with Gasteiger partial charge in [0.1, 0.15) is 6.10 Å². The van der Waals surface area contributed by atoms with Crippen LogP contribution in [-0.2, 0) is 9.63 Å². The van der Waals surface area contributed by atoms with Crippen molar-refractivity contribution >= 4 is 11.5 Å². The molecule has 3 nitrogen and oxygen atoms in total. The number of para-hydroxylation sites is 1. The lowest BCUT2D eigenvalue weighted by Gasteiger charge is -2.18.